The summed E-state index contributed by atoms with van der Waals surface area (Å²) in [6.07, 6.45) is 1.52. The van der Waals surface area contributed by atoms with Crippen molar-refractivity contribution in [3.8, 4) is 5.75 Å². The Hall–Kier alpha value is -3.30. The number of nitrogens with zero attached hydrogens (tertiary/aromatic N) is 3. The largest absolute Gasteiger partial charge is 0.486 e. The first-order valence-corrected chi connectivity index (χ1v) is 10.3. The number of benzene rings is 2. The molecule has 0 saturated carbocycles. The van der Waals surface area contributed by atoms with Crippen molar-refractivity contribution in [2.75, 3.05) is 5.32 Å². The zero-order chi connectivity index (χ0) is 21.8. The molecular formula is C21H15ClF2N4O2S. The summed E-state index contributed by atoms with van der Waals surface area (Å²) in [5, 5.41) is 9.23. The van der Waals surface area contributed by atoms with Crippen LogP contribution in [0.2, 0.25) is 5.02 Å². The molecule has 0 spiro atoms. The lowest BCUT2D eigenvalue weighted by Crippen LogP contribution is -2.12. The number of hydrogen-bond donors (Lipinski definition) is 1. The highest BCUT2D eigenvalue weighted by atomic mass is 35.5. The molecule has 2 aromatic heterocycles. The lowest BCUT2D eigenvalue weighted by atomic mass is 10.2. The Labute approximate surface area is 185 Å². The van der Waals surface area contributed by atoms with Gasteiger partial charge >= 0.3 is 0 Å². The molecule has 0 saturated heterocycles. The monoisotopic (exact) mass is 460 g/mol. The summed E-state index contributed by atoms with van der Waals surface area (Å²) in [7, 11) is 0. The highest BCUT2D eigenvalue weighted by Gasteiger charge is 2.13. The number of carbonyl (C=O) groups excluding carboxylic acids is 1. The number of halogens is 3. The second-order valence-electron chi connectivity index (χ2n) is 6.53. The number of thiophene rings is 1. The molecule has 2 heterocycles. The van der Waals surface area contributed by atoms with Gasteiger partial charge in [0.05, 0.1) is 11.4 Å². The Balaban J connectivity index is 1.34. The summed E-state index contributed by atoms with van der Waals surface area (Å²) in [4.78, 5) is 17.0. The van der Waals surface area contributed by atoms with Gasteiger partial charge in [-0.05, 0) is 41.3 Å². The SMILES string of the molecule is O=C(Nc1ncn(Cc2cccc(Cl)c2)n1)c1cc(COc2ccc(F)cc2F)cs1. The highest BCUT2D eigenvalue weighted by molar-refractivity contribution is 7.12. The second kappa shape index (κ2) is 9.23. The van der Waals surface area contributed by atoms with Crippen molar-refractivity contribution in [2.45, 2.75) is 13.2 Å². The maximum atomic E-state index is 13.6. The number of hydrogen-bond acceptors (Lipinski definition) is 5. The van der Waals surface area contributed by atoms with E-state index in [1.807, 2.05) is 18.2 Å². The van der Waals surface area contributed by atoms with Crippen LogP contribution in [0.1, 0.15) is 20.8 Å². The van der Waals surface area contributed by atoms with Crippen LogP contribution in [0.25, 0.3) is 0 Å². The van der Waals surface area contributed by atoms with Gasteiger partial charge in [0, 0.05) is 16.7 Å². The third kappa shape index (κ3) is 5.44. The minimum atomic E-state index is -0.785. The molecule has 0 unspecified atom stereocenters. The number of anilines is 1. The van der Waals surface area contributed by atoms with Gasteiger partial charge in [-0.2, -0.15) is 0 Å². The van der Waals surface area contributed by atoms with Gasteiger partial charge in [0.2, 0.25) is 5.95 Å². The van der Waals surface area contributed by atoms with Crippen molar-refractivity contribution in [2.24, 2.45) is 0 Å². The molecular weight excluding hydrogens is 446 g/mol. The van der Waals surface area contributed by atoms with E-state index in [1.54, 1.807) is 22.2 Å². The van der Waals surface area contributed by atoms with E-state index in [2.05, 4.69) is 15.4 Å². The van der Waals surface area contributed by atoms with Gasteiger partial charge in [-0.25, -0.2) is 18.4 Å². The summed E-state index contributed by atoms with van der Waals surface area (Å²) in [6, 6.07) is 12.1. The fourth-order valence-corrected chi connectivity index (χ4v) is 3.74. The predicted molar refractivity (Wildman–Crippen MR) is 114 cm³/mol. The topological polar surface area (TPSA) is 69.0 Å². The van der Waals surface area contributed by atoms with Crippen LogP contribution in [0.3, 0.4) is 0 Å². The van der Waals surface area contributed by atoms with Gasteiger partial charge in [0.15, 0.2) is 11.6 Å². The molecule has 1 N–H and O–H groups in total. The Bertz CT molecular complexity index is 1230. The molecule has 2 aromatic carbocycles. The maximum Gasteiger partial charge on any atom is 0.268 e. The first-order chi connectivity index (χ1) is 15.0. The Morgan fingerprint density at radius 2 is 2.03 bits per heavy atom. The van der Waals surface area contributed by atoms with Crippen LogP contribution in [0.5, 0.6) is 5.75 Å². The lowest BCUT2D eigenvalue weighted by Gasteiger charge is -2.05. The average Bonchev–Trinajstić information content (AvgIpc) is 3.37. The summed E-state index contributed by atoms with van der Waals surface area (Å²) in [5.74, 6) is -1.72. The van der Waals surface area contributed by atoms with Crippen molar-refractivity contribution in [3.63, 3.8) is 0 Å². The Morgan fingerprint density at radius 1 is 1.16 bits per heavy atom. The molecule has 0 fully saturated rings. The van der Waals surface area contributed by atoms with Crippen LogP contribution in [-0.2, 0) is 13.2 Å². The standard InChI is InChI=1S/C21H15ClF2N4O2S/c22-15-3-1-2-13(6-15)9-28-12-25-21(27-28)26-20(29)19-7-14(11-31-19)10-30-18-5-4-16(23)8-17(18)24/h1-8,11-12H,9-10H2,(H,26,27,29). The van der Waals surface area contributed by atoms with Crippen LogP contribution in [0, 0.1) is 11.6 Å². The van der Waals surface area contributed by atoms with Gasteiger partial charge in [0.25, 0.3) is 5.91 Å². The zero-order valence-corrected chi connectivity index (χ0v) is 17.5. The fourth-order valence-electron chi connectivity index (χ4n) is 2.74. The van der Waals surface area contributed by atoms with Crippen LogP contribution in [0.4, 0.5) is 14.7 Å². The number of carbonyl (C=O) groups is 1. The smallest absolute Gasteiger partial charge is 0.268 e. The maximum absolute atomic E-state index is 13.6. The van der Waals surface area contributed by atoms with E-state index in [-0.39, 0.29) is 24.2 Å². The van der Waals surface area contributed by atoms with E-state index in [1.165, 1.54) is 23.7 Å². The summed E-state index contributed by atoms with van der Waals surface area (Å²) in [6.45, 7) is 0.503. The van der Waals surface area contributed by atoms with Crippen molar-refractivity contribution >= 4 is 34.8 Å². The van der Waals surface area contributed by atoms with Crippen LogP contribution in [-0.4, -0.2) is 20.7 Å². The van der Waals surface area contributed by atoms with Gasteiger partial charge in [0.1, 0.15) is 18.8 Å². The van der Waals surface area contributed by atoms with E-state index >= 15 is 0 Å². The summed E-state index contributed by atoms with van der Waals surface area (Å²) in [5.41, 5.74) is 1.63. The molecule has 10 heteroatoms. The van der Waals surface area contributed by atoms with Crippen LogP contribution in [0.15, 0.2) is 60.2 Å². The number of nitrogens with one attached hydrogen (secondary N) is 1. The van der Waals surface area contributed by atoms with Crippen LogP contribution >= 0.6 is 22.9 Å². The average molecular weight is 461 g/mol. The first kappa shape index (κ1) is 21.0. The van der Waals surface area contributed by atoms with Gasteiger partial charge < -0.3 is 4.74 Å². The van der Waals surface area contributed by atoms with Crippen molar-refractivity contribution in [3.05, 3.63) is 92.9 Å². The highest BCUT2D eigenvalue weighted by Crippen LogP contribution is 2.21. The molecule has 1 amide bonds. The molecule has 4 rings (SSSR count). The second-order valence-corrected chi connectivity index (χ2v) is 7.88. The van der Waals surface area contributed by atoms with Crippen LogP contribution < -0.4 is 10.1 Å². The minimum absolute atomic E-state index is 0.0405. The van der Waals surface area contributed by atoms with E-state index < -0.39 is 11.6 Å². The first-order valence-electron chi connectivity index (χ1n) is 9.07. The van der Waals surface area contributed by atoms with Crippen molar-refractivity contribution in [1.29, 1.82) is 0 Å². The molecule has 31 heavy (non-hydrogen) atoms. The van der Waals surface area contributed by atoms with E-state index in [9.17, 15) is 13.6 Å². The number of amides is 1. The van der Waals surface area contributed by atoms with Crippen molar-refractivity contribution < 1.29 is 18.3 Å². The Morgan fingerprint density at radius 3 is 2.84 bits per heavy atom. The predicted octanol–water partition coefficient (Wildman–Crippen LogP) is 5.15. The fraction of sp³-hybridized carbons (Fsp3) is 0.0952. The molecule has 158 valence electrons. The van der Waals surface area contributed by atoms with Crippen molar-refractivity contribution in [1.82, 2.24) is 14.8 Å². The summed E-state index contributed by atoms with van der Waals surface area (Å²) < 4.78 is 33.5. The third-order valence-corrected chi connectivity index (χ3v) is 5.37. The van der Waals surface area contributed by atoms with E-state index in [0.717, 1.165) is 17.7 Å². The number of ether oxygens (including phenoxy) is 1. The Kier molecular flexibility index (Phi) is 6.24. The normalized spacial score (nSPS) is 10.8. The molecule has 6 nitrogen and oxygen atoms in total. The van der Waals surface area contributed by atoms with E-state index in [4.69, 9.17) is 16.3 Å². The molecule has 4 aromatic rings. The molecule has 0 aliphatic carbocycles. The number of rotatable bonds is 7. The lowest BCUT2D eigenvalue weighted by molar-refractivity contribution is 0.102. The number of aromatic nitrogens is 3. The molecule has 0 bridgehead atoms. The molecule has 0 aliphatic rings. The molecule has 0 atom stereocenters. The minimum Gasteiger partial charge on any atom is -0.486 e. The molecule has 0 aliphatic heterocycles. The zero-order valence-electron chi connectivity index (χ0n) is 15.9. The quantitative estimate of drug-likeness (QED) is 0.414. The van der Waals surface area contributed by atoms with Gasteiger partial charge in [-0.15, -0.1) is 16.4 Å². The van der Waals surface area contributed by atoms with Gasteiger partial charge in [-0.1, -0.05) is 23.7 Å². The summed E-state index contributed by atoms with van der Waals surface area (Å²) >= 11 is 7.19. The van der Waals surface area contributed by atoms with E-state index in [0.29, 0.717) is 22.0 Å². The van der Waals surface area contributed by atoms with Gasteiger partial charge in [-0.3, -0.25) is 10.1 Å². The third-order valence-electron chi connectivity index (χ3n) is 4.16. The molecule has 0 radical (unpaired) electrons.